The van der Waals surface area contributed by atoms with Crippen LogP contribution >= 0.6 is 0 Å². The average molecular weight is 212 g/mol. The van der Waals surface area contributed by atoms with Gasteiger partial charge in [0.05, 0.1) is 13.2 Å². The van der Waals surface area contributed by atoms with E-state index in [1.807, 2.05) is 0 Å². The molecule has 2 unspecified atom stereocenters. The third-order valence-corrected chi connectivity index (χ3v) is 3.89. The van der Waals surface area contributed by atoms with Gasteiger partial charge in [0.25, 0.3) is 0 Å². The first-order chi connectivity index (χ1) is 7.42. The molecule has 1 saturated carbocycles. The topological polar surface area (TPSA) is 38.5 Å². The number of hydrogen-bond acceptors (Lipinski definition) is 3. The summed E-state index contributed by atoms with van der Waals surface area (Å²) in [5.41, 5.74) is 5.39. The highest BCUT2D eigenvalue weighted by atomic mass is 16.5. The van der Waals surface area contributed by atoms with Crippen LogP contribution in [0.15, 0.2) is 0 Å². The summed E-state index contributed by atoms with van der Waals surface area (Å²) in [5.74, 6) is 0.994. The number of rotatable bonds is 5. The zero-order chi connectivity index (χ0) is 10.5. The molecule has 88 valence electrons. The van der Waals surface area contributed by atoms with E-state index in [-0.39, 0.29) is 0 Å². The fourth-order valence-corrected chi connectivity index (χ4v) is 3.20. The number of hydrogen-bond donors (Lipinski definition) is 1. The highest BCUT2D eigenvalue weighted by molar-refractivity contribution is 4.88. The van der Waals surface area contributed by atoms with Gasteiger partial charge in [0.1, 0.15) is 0 Å². The Morgan fingerprint density at radius 2 is 2.00 bits per heavy atom. The minimum absolute atomic E-state index is 0.645. The molecule has 0 bridgehead atoms. The van der Waals surface area contributed by atoms with Gasteiger partial charge in [-0.2, -0.15) is 0 Å². The van der Waals surface area contributed by atoms with Crippen LogP contribution in [0.4, 0.5) is 0 Å². The van der Waals surface area contributed by atoms with Crippen LogP contribution in [-0.2, 0) is 4.74 Å². The molecule has 0 aromatic carbocycles. The first-order valence-corrected chi connectivity index (χ1v) is 6.43. The molecule has 15 heavy (non-hydrogen) atoms. The van der Waals surface area contributed by atoms with Gasteiger partial charge < -0.3 is 10.5 Å². The molecule has 1 aliphatic heterocycles. The molecule has 2 rings (SSSR count). The standard InChI is InChI=1S/C12H24N2O/c13-6-9-15-10-8-14-7-2-4-11-3-1-5-12(11)14/h11-12H,1-10,13H2. The molecule has 3 heteroatoms. The Morgan fingerprint density at radius 1 is 1.13 bits per heavy atom. The second kappa shape index (κ2) is 5.83. The molecule has 3 nitrogen and oxygen atoms in total. The van der Waals surface area contributed by atoms with Crippen LogP contribution in [0.2, 0.25) is 0 Å². The van der Waals surface area contributed by atoms with Crippen molar-refractivity contribution in [2.24, 2.45) is 11.7 Å². The molecule has 2 fully saturated rings. The van der Waals surface area contributed by atoms with Gasteiger partial charge in [0, 0.05) is 19.1 Å². The summed E-state index contributed by atoms with van der Waals surface area (Å²) in [7, 11) is 0. The van der Waals surface area contributed by atoms with Crippen LogP contribution in [0.3, 0.4) is 0 Å². The second-order valence-electron chi connectivity index (χ2n) is 4.84. The van der Waals surface area contributed by atoms with Gasteiger partial charge in [0.15, 0.2) is 0 Å². The molecule has 2 atom stereocenters. The van der Waals surface area contributed by atoms with Crippen molar-refractivity contribution < 1.29 is 4.74 Å². The first-order valence-electron chi connectivity index (χ1n) is 6.43. The molecule has 1 aliphatic carbocycles. The van der Waals surface area contributed by atoms with Gasteiger partial charge in [-0.05, 0) is 38.1 Å². The van der Waals surface area contributed by atoms with Crippen molar-refractivity contribution in [1.82, 2.24) is 4.90 Å². The minimum Gasteiger partial charge on any atom is -0.379 e. The van der Waals surface area contributed by atoms with E-state index in [0.29, 0.717) is 13.2 Å². The molecule has 0 aromatic rings. The molecule has 0 aromatic heterocycles. The third-order valence-electron chi connectivity index (χ3n) is 3.89. The Morgan fingerprint density at radius 3 is 2.87 bits per heavy atom. The van der Waals surface area contributed by atoms with Gasteiger partial charge in [-0.3, -0.25) is 4.90 Å². The summed E-state index contributed by atoms with van der Waals surface area (Å²) in [5, 5.41) is 0. The lowest BCUT2D eigenvalue weighted by atomic mass is 9.92. The van der Waals surface area contributed by atoms with E-state index in [1.165, 1.54) is 38.6 Å². The van der Waals surface area contributed by atoms with Crippen molar-refractivity contribution >= 4 is 0 Å². The van der Waals surface area contributed by atoms with Gasteiger partial charge >= 0.3 is 0 Å². The van der Waals surface area contributed by atoms with Crippen LogP contribution in [0.25, 0.3) is 0 Å². The van der Waals surface area contributed by atoms with E-state index < -0.39 is 0 Å². The predicted molar refractivity (Wildman–Crippen MR) is 61.8 cm³/mol. The molecule has 1 heterocycles. The highest BCUT2D eigenvalue weighted by Crippen LogP contribution is 2.36. The number of likely N-dealkylation sites (tertiary alicyclic amines) is 1. The lowest BCUT2D eigenvalue weighted by molar-refractivity contribution is 0.0602. The van der Waals surface area contributed by atoms with Crippen molar-refractivity contribution in [3.63, 3.8) is 0 Å². The van der Waals surface area contributed by atoms with Gasteiger partial charge in [-0.15, -0.1) is 0 Å². The molecule has 2 N–H and O–H groups in total. The van der Waals surface area contributed by atoms with Crippen molar-refractivity contribution in [2.45, 2.75) is 38.1 Å². The molecule has 0 radical (unpaired) electrons. The normalized spacial score (nSPS) is 31.8. The molecule has 2 aliphatic rings. The van der Waals surface area contributed by atoms with E-state index in [4.69, 9.17) is 10.5 Å². The fourth-order valence-electron chi connectivity index (χ4n) is 3.20. The van der Waals surface area contributed by atoms with E-state index in [9.17, 15) is 0 Å². The molecule has 0 amide bonds. The quantitative estimate of drug-likeness (QED) is 0.697. The fraction of sp³-hybridized carbons (Fsp3) is 1.00. The summed E-state index contributed by atoms with van der Waals surface area (Å²) in [4.78, 5) is 2.65. The summed E-state index contributed by atoms with van der Waals surface area (Å²) >= 11 is 0. The molecule has 1 saturated heterocycles. The number of fused-ring (bicyclic) bond motifs is 1. The zero-order valence-corrected chi connectivity index (χ0v) is 9.66. The average Bonchev–Trinajstić information content (AvgIpc) is 2.73. The minimum atomic E-state index is 0.645. The van der Waals surface area contributed by atoms with Gasteiger partial charge in [0.2, 0.25) is 0 Å². The Labute approximate surface area is 93.0 Å². The molecule has 0 spiro atoms. The summed E-state index contributed by atoms with van der Waals surface area (Å²) in [6, 6.07) is 0.875. The van der Waals surface area contributed by atoms with E-state index in [1.54, 1.807) is 0 Å². The van der Waals surface area contributed by atoms with Gasteiger partial charge in [-0.1, -0.05) is 6.42 Å². The maximum Gasteiger partial charge on any atom is 0.0594 e. The Kier molecular flexibility index (Phi) is 4.42. The lowest BCUT2D eigenvalue weighted by Crippen LogP contribution is -2.44. The van der Waals surface area contributed by atoms with Crippen molar-refractivity contribution in [2.75, 3.05) is 32.8 Å². The molecular weight excluding hydrogens is 188 g/mol. The number of nitrogens with two attached hydrogens (primary N) is 1. The van der Waals surface area contributed by atoms with Crippen LogP contribution in [0, 0.1) is 5.92 Å². The Bertz CT molecular complexity index is 186. The van der Waals surface area contributed by atoms with E-state index in [2.05, 4.69) is 4.90 Å². The number of nitrogens with zero attached hydrogens (tertiary/aromatic N) is 1. The first kappa shape index (κ1) is 11.4. The highest BCUT2D eigenvalue weighted by Gasteiger charge is 2.34. The Balaban J connectivity index is 1.71. The van der Waals surface area contributed by atoms with Crippen molar-refractivity contribution in [3.8, 4) is 0 Å². The lowest BCUT2D eigenvalue weighted by Gasteiger charge is -2.37. The Hall–Kier alpha value is -0.120. The summed E-state index contributed by atoms with van der Waals surface area (Å²) < 4.78 is 5.47. The SMILES string of the molecule is NCCOCCN1CCCC2CCCC21. The smallest absolute Gasteiger partial charge is 0.0594 e. The van der Waals surface area contributed by atoms with Gasteiger partial charge in [-0.25, -0.2) is 0 Å². The predicted octanol–water partition coefficient (Wildman–Crippen LogP) is 1.23. The second-order valence-corrected chi connectivity index (χ2v) is 4.84. The van der Waals surface area contributed by atoms with Crippen LogP contribution < -0.4 is 5.73 Å². The summed E-state index contributed by atoms with van der Waals surface area (Å²) in [6.07, 6.45) is 7.17. The zero-order valence-electron chi connectivity index (χ0n) is 9.66. The number of piperidine rings is 1. The van der Waals surface area contributed by atoms with Crippen molar-refractivity contribution in [1.29, 1.82) is 0 Å². The largest absolute Gasteiger partial charge is 0.379 e. The van der Waals surface area contributed by atoms with Crippen molar-refractivity contribution in [3.05, 3.63) is 0 Å². The van der Waals surface area contributed by atoms with E-state index in [0.717, 1.165) is 25.1 Å². The maximum absolute atomic E-state index is 5.47. The monoisotopic (exact) mass is 212 g/mol. The maximum atomic E-state index is 5.47. The van der Waals surface area contributed by atoms with Crippen LogP contribution in [-0.4, -0.2) is 43.8 Å². The number of ether oxygens (including phenoxy) is 1. The van der Waals surface area contributed by atoms with Crippen LogP contribution in [0.1, 0.15) is 32.1 Å². The van der Waals surface area contributed by atoms with E-state index >= 15 is 0 Å². The third kappa shape index (κ3) is 2.92. The van der Waals surface area contributed by atoms with Crippen LogP contribution in [0.5, 0.6) is 0 Å². The summed E-state index contributed by atoms with van der Waals surface area (Å²) in [6.45, 7) is 4.61. The molecular formula is C12H24N2O.